The van der Waals surface area contributed by atoms with Gasteiger partial charge < -0.3 is 15.5 Å². The number of carbonyl (C=O) groups excluding carboxylic acids is 1. The van der Waals surface area contributed by atoms with Crippen molar-refractivity contribution in [2.45, 2.75) is 13.0 Å². The molecule has 0 bridgehead atoms. The van der Waals surface area contributed by atoms with E-state index < -0.39 is 23.8 Å². The van der Waals surface area contributed by atoms with E-state index in [4.69, 9.17) is 16.7 Å². The molecule has 0 aliphatic carbocycles. The van der Waals surface area contributed by atoms with Crippen molar-refractivity contribution >= 4 is 23.5 Å². The van der Waals surface area contributed by atoms with Crippen molar-refractivity contribution in [1.29, 1.82) is 0 Å². The lowest BCUT2D eigenvalue weighted by molar-refractivity contribution is 0.0697. The van der Waals surface area contributed by atoms with Gasteiger partial charge in [-0.15, -0.1) is 0 Å². The molecule has 5 nitrogen and oxygen atoms in total. The van der Waals surface area contributed by atoms with E-state index in [1.807, 2.05) is 0 Å². The predicted molar refractivity (Wildman–Crippen MR) is 86.8 cm³/mol. The standard InChI is InChI=1S/C17H15ClFNO4/c1-9-2-3-10(7-14(9)19)15(21)8-20-16(22)11-4-5-13(18)12(6-11)17(23)24/h2-7,15,21H,8H2,1H3,(H,20,22)(H,23,24). The normalized spacial score (nSPS) is 11.8. The number of nitrogens with one attached hydrogen (secondary N) is 1. The van der Waals surface area contributed by atoms with Gasteiger partial charge in [-0.1, -0.05) is 23.7 Å². The van der Waals surface area contributed by atoms with Crippen LogP contribution in [-0.4, -0.2) is 28.6 Å². The van der Waals surface area contributed by atoms with E-state index in [1.54, 1.807) is 13.0 Å². The van der Waals surface area contributed by atoms with Crippen LogP contribution in [0.15, 0.2) is 36.4 Å². The molecule has 24 heavy (non-hydrogen) atoms. The van der Waals surface area contributed by atoms with Gasteiger partial charge in [0, 0.05) is 12.1 Å². The summed E-state index contributed by atoms with van der Waals surface area (Å²) in [4.78, 5) is 23.1. The molecule has 3 N–H and O–H groups in total. The summed E-state index contributed by atoms with van der Waals surface area (Å²) < 4.78 is 13.5. The van der Waals surface area contributed by atoms with Crippen LogP contribution in [-0.2, 0) is 0 Å². The van der Waals surface area contributed by atoms with Crippen LogP contribution in [0.5, 0.6) is 0 Å². The van der Waals surface area contributed by atoms with Crippen LogP contribution in [0.2, 0.25) is 5.02 Å². The fourth-order valence-corrected chi connectivity index (χ4v) is 2.25. The van der Waals surface area contributed by atoms with Gasteiger partial charge in [-0.05, 0) is 42.3 Å². The molecule has 0 aromatic heterocycles. The highest BCUT2D eigenvalue weighted by atomic mass is 35.5. The van der Waals surface area contributed by atoms with Gasteiger partial charge in [0.1, 0.15) is 5.82 Å². The summed E-state index contributed by atoms with van der Waals surface area (Å²) in [5, 5.41) is 21.5. The number of hydrogen-bond donors (Lipinski definition) is 3. The van der Waals surface area contributed by atoms with Crippen LogP contribution in [0.3, 0.4) is 0 Å². The first-order chi connectivity index (χ1) is 11.3. The first-order valence-electron chi connectivity index (χ1n) is 7.04. The van der Waals surface area contributed by atoms with Gasteiger partial charge in [0.15, 0.2) is 0 Å². The van der Waals surface area contributed by atoms with Crippen molar-refractivity contribution < 1.29 is 24.2 Å². The number of carboxylic acid groups (broad SMARTS) is 1. The molecule has 1 atom stereocenters. The molecule has 0 aliphatic heterocycles. The molecule has 1 unspecified atom stereocenters. The second-order valence-electron chi connectivity index (χ2n) is 5.23. The van der Waals surface area contributed by atoms with Crippen LogP contribution in [0.4, 0.5) is 4.39 Å². The predicted octanol–water partition coefficient (Wildman–Crippen LogP) is 2.95. The maximum absolute atomic E-state index is 13.5. The van der Waals surface area contributed by atoms with Gasteiger partial charge in [-0.2, -0.15) is 0 Å². The molecule has 1 amide bonds. The highest BCUT2D eigenvalue weighted by Crippen LogP contribution is 2.19. The summed E-state index contributed by atoms with van der Waals surface area (Å²) in [6.07, 6.45) is -1.09. The van der Waals surface area contributed by atoms with Gasteiger partial charge in [-0.3, -0.25) is 4.79 Å². The largest absolute Gasteiger partial charge is 0.478 e. The molecule has 2 rings (SSSR count). The second-order valence-corrected chi connectivity index (χ2v) is 5.64. The Hall–Kier alpha value is -2.44. The van der Waals surface area contributed by atoms with E-state index in [1.165, 1.54) is 24.3 Å². The van der Waals surface area contributed by atoms with Gasteiger partial charge in [0.25, 0.3) is 5.91 Å². The topological polar surface area (TPSA) is 86.6 Å². The van der Waals surface area contributed by atoms with Gasteiger partial charge >= 0.3 is 5.97 Å². The molecule has 126 valence electrons. The number of halogens is 2. The maximum Gasteiger partial charge on any atom is 0.337 e. The smallest absolute Gasteiger partial charge is 0.337 e. The molecule has 0 heterocycles. The summed E-state index contributed by atoms with van der Waals surface area (Å²) >= 11 is 5.74. The van der Waals surface area contributed by atoms with E-state index in [9.17, 15) is 19.1 Å². The number of aliphatic hydroxyl groups excluding tert-OH is 1. The zero-order valence-corrected chi connectivity index (χ0v) is 13.5. The first kappa shape index (κ1) is 17.9. The van der Waals surface area contributed by atoms with Gasteiger partial charge in [0.05, 0.1) is 16.7 Å². The summed E-state index contributed by atoms with van der Waals surface area (Å²) in [6.45, 7) is 1.46. The Morgan fingerprint density at radius 3 is 2.58 bits per heavy atom. The third-order valence-corrected chi connectivity index (χ3v) is 3.83. The Morgan fingerprint density at radius 1 is 1.25 bits per heavy atom. The van der Waals surface area contributed by atoms with Crippen LogP contribution < -0.4 is 5.32 Å². The van der Waals surface area contributed by atoms with E-state index in [0.717, 1.165) is 6.07 Å². The number of carbonyl (C=O) groups is 2. The number of hydrogen-bond acceptors (Lipinski definition) is 3. The van der Waals surface area contributed by atoms with Crippen molar-refractivity contribution in [2.24, 2.45) is 0 Å². The van der Waals surface area contributed by atoms with Crippen molar-refractivity contribution in [3.05, 3.63) is 69.5 Å². The second kappa shape index (κ2) is 7.42. The van der Waals surface area contributed by atoms with Crippen molar-refractivity contribution in [2.75, 3.05) is 6.54 Å². The van der Waals surface area contributed by atoms with Crippen LogP contribution in [0.1, 0.15) is 37.9 Å². The third-order valence-electron chi connectivity index (χ3n) is 3.50. The number of aliphatic hydroxyl groups is 1. The lowest BCUT2D eigenvalue weighted by atomic mass is 10.1. The number of aromatic carboxylic acids is 1. The number of carboxylic acids is 1. The lowest BCUT2D eigenvalue weighted by Gasteiger charge is -2.13. The summed E-state index contributed by atoms with van der Waals surface area (Å²) in [7, 11) is 0. The average Bonchev–Trinajstić information content (AvgIpc) is 2.55. The molecule has 2 aromatic carbocycles. The molecule has 0 saturated heterocycles. The van der Waals surface area contributed by atoms with Crippen molar-refractivity contribution in [1.82, 2.24) is 5.32 Å². The SMILES string of the molecule is Cc1ccc(C(O)CNC(=O)c2ccc(Cl)c(C(=O)O)c2)cc1F. The Labute approximate surface area is 142 Å². The summed E-state index contributed by atoms with van der Waals surface area (Å²) in [5.41, 5.74) is 0.697. The number of amides is 1. The first-order valence-corrected chi connectivity index (χ1v) is 7.42. The average molecular weight is 352 g/mol. The molecular weight excluding hydrogens is 337 g/mol. The molecule has 0 spiro atoms. The highest BCUT2D eigenvalue weighted by Gasteiger charge is 2.15. The quantitative estimate of drug-likeness (QED) is 0.773. The number of aryl methyl sites for hydroxylation is 1. The minimum atomic E-state index is -1.25. The van der Waals surface area contributed by atoms with E-state index in [2.05, 4.69) is 5.32 Å². The fraction of sp³-hybridized carbons (Fsp3) is 0.176. The zero-order valence-electron chi connectivity index (χ0n) is 12.7. The highest BCUT2D eigenvalue weighted by molar-refractivity contribution is 6.33. The van der Waals surface area contributed by atoms with Crippen molar-refractivity contribution in [3.63, 3.8) is 0 Å². The Balaban J connectivity index is 2.06. The minimum Gasteiger partial charge on any atom is -0.478 e. The summed E-state index contributed by atoms with van der Waals surface area (Å²) in [6, 6.07) is 8.15. The Kier molecular flexibility index (Phi) is 5.54. The summed E-state index contributed by atoms with van der Waals surface area (Å²) in [5.74, 6) is -2.26. The Bertz CT molecular complexity index is 794. The van der Waals surface area contributed by atoms with E-state index in [-0.39, 0.29) is 22.7 Å². The monoisotopic (exact) mass is 351 g/mol. The van der Waals surface area contributed by atoms with Crippen LogP contribution >= 0.6 is 11.6 Å². The zero-order chi connectivity index (χ0) is 17.9. The van der Waals surface area contributed by atoms with Crippen LogP contribution in [0.25, 0.3) is 0 Å². The molecule has 0 fully saturated rings. The Morgan fingerprint density at radius 2 is 1.96 bits per heavy atom. The van der Waals surface area contributed by atoms with E-state index >= 15 is 0 Å². The number of rotatable bonds is 5. The molecule has 7 heteroatoms. The molecular formula is C17H15ClFNO4. The van der Waals surface area contributed by atoms with Crippen molar-refractivity contribution in [3.8, 4) is 0 Å². The molecule has 0 radical (unpaired) electrons. The molecule has 0 aliphatic rings. The number of benzene rings is 2. The lowest BCUT2D eigenvalue weighted by Crippen LogP contribution is -2.28. The van der Waals surface area contributed by atoms with Gasteiger partial charge in [0.2, 0.25) is 0 Å². The molecule has 2 aromatic rings. The fourth-order valence-electron chi connectivity index (χ4n) is 2.06. The molecule has 0 saturated carbocycles. The van der Waals surface area contributed by atoms with Gasteiger partial charge in [-0.25, -0.2) is 9.18 Å². The van der Waals surface area contributed by atoms with E-state index in [0.29, 0.717) is 11.1 Å². The minimum absolute atomic E-state index is 0.0224. The maximum atomic E-state index is 13.5. The third kappa shape index (κ3) is 4.10. The van der Waals surface area contributed by atoms with Crippen LogP contribution in [0, 0.1) is 12.7 Å².